The van der Waals surface area contributed by atoms with Crippen molar-refractivity contribution in [3.63, 3.8) is 0 Å². The van der Waals surface area contributed by atoms with E-state index in [9.17, 15) is 14.7 Å². The number of amides is 1. The van der Waals surface area contributed by atoms with Gasteiger partial charge in [-0.25, -0.2) is 0 Å². The lowest BCUT2D eigenvalue weighted by Gasteiger charge is -2.23. The minimum atomic E-state index is -0.769. The van der Waals surface area contributed by atoms with Crippen molar-refractivity contribution in [3.8, 4) is 0 Å². The molecule has 1 aromatic rings. The van der Waals surface area contributed by atoms with Gasteiger partial charge in [-0.2, -0.15) is 0 Å². The lowest BCUT2D eigenvalue weighted by molar-refractivity contribution is -0.139. The van der Waals surface area contributed by atoms with Gasteiger partial charge in [0.25, 0.3) is 0 Å². The Labute approximate surface area is 126 Å². The van der Waals surface area contributed by atoms with Gasteiger partial charge < -0.3 is 10.0 Å². The molecular weight excluding hydrogens is 266 g/mol. The van der Waals surface area contributed by atoms with Crippen LogP contribution in [-0.4, -0.2) is 35.0 Å². The third-order valence-corrected chi connectivity index (χ3v) is 3.95. The number of benzene rings is 1. The fraction of sp³-hybridized carbons (Fsp3) is 0.529. The molecule has 0 bridgehead atoms. The highest BCUT2D eigenvalue weighted by molar-refractivity contribution is 5.76. The number of hydrogen-bond acceptors (Lipinski definition) is 2. The third-order valence-electron chi connectivity index (χ3n) is 3.95. The Bertz CT molecular complexity index is 481. The van der Waals surface area contributed by atoms with E-state index < -0.39 is 11.9 Å². The van der Waals surface area contributed by atoms with Crippen molar-refractivity contribution >= 4 is 11.9 Å². The standard InChI is InChI=1S/C17H25NO3/c1-5-6-16(17(20)21)15-9-7-14(8-10-15)11-12(2)18(4)13(3)19/h7-10,12,16H,5-6,11H2,1-4H3,(H,20,21). The summed E-state index contributed by atoms with van der Waals surface area (Å²) in [5.41, 5.74) is 1.96. The molecule has 1 rings (SSSR count). The van der Waals surface area contributed by atoms with Gasteiger partial charge in [-0.3, -0.25) is 9.59 Å². The van der Waals surface area contributed by atoms with Crippen molar-refractivity contribution in [1.82, 2.24) is 4.90 Å². The van der Waals surface area contributed by atoms with Gasteiger partial charge >= 0.3 is 5.97 Å². The van der Waals surface area contributed by atoms with Crippen LogP contribution < -0.4 is 0 Å². The van der Waals surface area contributed by atoms with Crippen molar-refractivity contribution in [3.05, 3.63) is 35.4 Å². The summed E-state index contributed by atoms with van der Waals surface area (Å²) in [7, 11) is 1.79. The number of aliphatic carboxylic acids is 1. The van der Waals surface area contributed by atoms with Crippen LogP contribution in [-0.2, 0) is 16.0 Å². The summed E-state index contributed by atoms with van der Waals surface area (Å²) in [5, 5.41) is 9.26. The maximum absolute atomic E-state index is 11.3. The largest absolute Gasteiger partial charge is 0.481 e. The van der Waals surface area contributed by atoms with E-state index in [0.717, 1.165) is 24.0 Å². The maximum Gasteiger partial charge on any atom is 0.310 e. The lowest BCUT2D eigenvalue weighted by atomic mass is 9.93. The topological polar surface area (TPSA) is 57.6 Å². The van der Waals surface area contributed by atoms with Crippen molar-refractivity contribution in [1.29, 1.82) is 0 Å². The molecule has 116 valence electrons. The van der Waals surface area contributed by atoms with E-state index in [1.165, 1.54) is 0 Å². The first kappa shape index (κ1) is 17.2. The Kier molecular flexibility index (Phi) is 6.40. The fourth-order valence-corrected chi connectivity index (χ4v) is 2.40. The molecule has 21 heavy (non-hydrogen) atoms. The number of likely N-dealkylation sites (N-methyl/N-ethyl adjacent to an activating group) is 1. The highest BCUT2D eigenvalue weighted by Crippen LogP contribution is 2.22. The van der Waals surface area contributed by atoms with Crippen molar-refractivity contribution < 1.29 is 14.7 Å². The molecular formula is C17H25NO3. The summed E-state index contributed by atoms with van der Waals surface area (Å²) in [6.07, 6.45) is 2.26. The van der Waals surface area contributed by atoms with Gasteiger partial charge in [0.15, 0.2) is 0 Å². The second kappa shape index (κ2) is 7.81. The normalized spacial score (nSPS) is 13.5. The Morgan fingerprint density at radius 1 is 1.24 bits per heavy atom. The van der Waals surface area contributed by atoms with Crippen molar-refractivity contribution in [2.75, 3.05) is 7.05 Å². The molecule has 0 saturated heterocycles. The zero-order chi connectivity index (χ0) is 16.0. The van der Waals surface area contributed by atoms with Gasteiger partial charge in [0.05, 0.1) is 5.92 Å². The van der Waals surface area contributed by atoms with Crippen molar-refractivity contribution in [2.45, 2.75) is 52.0 Å². The molecule has 1 N–H and O–H groups in total. The second-order valence-corrected chi connectivity index (χ2v) is 5.60. The molecule has 1 amide bonds. The molecule has 4 heteroatoms. The van der Waals surface area contributed by atoms with Crippen LogP contribution in [0.4, 0.5) is 0 Å². The average molecular weight is 291 g/mol. The van der Waals surface area contributed by atoms with E-state index >= 15 is 0 Å². The number of carbonyl (C=O) groups is 2. The van der Waals surface area contributed by atoms with E-state index in [2.05, 4.69) is 0 Å². The summed E-state index contributed by atoms with van der Waals surface area (Å²) < 4.78 is 0. The molecule has 0 aliphatic rings. The summed E-state index contributed by atoms with van der Waals surface area (Å²) in [6.45, 7) is 5.55. The van der Waals surface area contributed by atoms with Crippen LogP contribution in [0.3, 0.4) is 0 Å². The monoisotopic (exact) mass is 291 g/mol. The number of carbonyl (C=O) groups excluding carboxylic acids is 1. The van der Waals surface area contributed by atoms with Crippen LogP contribution in [0.15, 0.2) is 24.3 Å². The molecule has 2 unspecified atom stereocenters. The molecule has 0 aromatic heterocycles. The van der Waals surface area contributed by atoms with Gasteiger partial charge in [0, 0.05) is 20.0 Å². The summed E-state index contributed by atoms with van der Waals surface area (Å²) >= 11 is 0. The Balaban J connectivity index is 2.77. The third kappa shape index (κ3) is 4.88. The Hall–Kier alpha value is -1.84. The van der Waals surface area contributed by atoms with E-state index in [-0.39, 0.29) is 11.9 Å². The molecule has 4 nitrogen and oxygen atoms in total. The number of rotatable bonds is 7. The van der Waals surface area contributed by atoms with Crippen LogP contribution in [0.5, 0.6) is 0 Å². The molecule has 0 aliphatic carbocycles. The van der Waals surface area contributed by atoms with Gasteiger partial charge in [-0.05, 0) is 30.9 Å². The van der Waals surface area contributed by atoms with Crippen LogP contribution in [0.2, 0.25) is 0 Å². The zero-order valence-corrected chi connectivity index (χ0v) is 13.3. The lowest BCUT2D eigenvalue weighted by Crippen LogP contribution is -2.34. The zero-order valence-electron chi connectivity index (χ0n) is 13.3. The molecule has 2 atom stereocenters. The summed E-state index contributed by atoms with van der Waals surface area (Å²) in [5.74, 6) is -1.15. The van der Waals surface area contributed by atoms with Gasteiger partial charge in [0.2, 0.25) is 5.91 Å². The minimum absolute atomic E-state index is 0.0491. The number of nitrogens with zero attached hydrogens (tertiary/aromatic N) is 1. The minimum Gasteiger partial charge on any atom is -0.481 e. The first-order valence-corrected chi connectivity index (χ1v) is 7.41. The molecule has 1 aromatic carbocycles. The molecule has 0 spiro atoms. The maximum atomic E-state index is 11.3. The number of carboxylic acid groups (broad SMARTS) is 1. The fourth-order valence-electron chi connectivity index (χ4n) is 2.40. The van der Waals surface area contributed by atoms with E-state index in [0.29, 0.717) is 6.42 Å². The molecule has 0 radical (unpaired) electrons. The number of carboxylic acids is 1. The van der Waals surface area contributed by atoms with E-state index in [4.69, 9.17) is 0 Å². The molecule has 0 fully saturated rings. The van der Waals surface area contributed by atoms with Crippen molar-refractivity contribution in [2.24, 2.45) is 0 Å². The number of hydrogen-bond donors (Lipinski definition) is 1. The van der Waals surface area contributed by atoms with Crippen LogP contribution >= 0.6 is 0 Å². The molecule has 0 aliphatic heterocycles. The van der Waals surface area contributed by atoms with Crippen LogP contribution in [0.1, 0.15) is 50.7 Å². The van der Waals surface area contributed by atoms with Crippen LogP contribution in [0, 0.1) is 0 Å². The predicted octanol–water partition coefficient (Wildman–Crippen LogP) is 3.06. The second-order valence-electron chi connectivity index (χ2n) is 5.60. The van der Waals surface area contributed by atoms with Gasteiger partial charge in [0.1, 0.15) is 0 Å². The molecule has 0 heterocycles. The highest BCUT2D eigenvalue weighted by atomic mass is 16.4. The van der Waals surface area contributed by atoms with Gasteiger partial charge in [-0.15, -0.1) is 0 Å². The quantitative estimate of drug-likeness (QED) is 0.840. The first-order valence-electron chi connectivity index (χ1n) is 7.41. The van der Waals surface area contributed by atoms with Crippen LogP contribution in [0.25, 0.3) is 0 Å². The average Bonchev–Trinajstić information content (AvgIpc) is 2.44. The Morgan fingerprint density at radius 3 is 2.24 bits per heavy atom. The van der Waals surface area contributed by atoms with E-state index in [1.807, 2.05) is 38.1 Å². The highest BCUT2D eigenvalue weighted by Gasteiger charge is 2.19. The molecule has 0 saturated carbocycles. The predicted molar refractivity (Wildman–Crippen MR) is 83.3 cm³/mol. The van der Waals surface area contributed by atoms with Gasteiger partial charge in [-0.1, -0.05) is 37.6 Å². The summed E-state index contributed by atoms with van der Waals surface area (Å²) in [4.78, 5) is 24.3. The summed E-state index contributed by atoms with van der Waals surface area (Å²) in [6, 6.07) is 7.84. The van der Waals surface area contributed by atoms with E-state index in [1.54, 1.807) is 18.9 Å². The first-order chi connectivity index (χ1) is 9.86. The Morgan fingerprint density at radius 2 is 1.81 bits per heavy atom. The smallest absolute Gasteiger partial charge is 0.310 e. The SMILES string of the molecule is CCCC(C(=O)O)c1ccc(CC(C)N(C)C(C)=O)cc1.